The van der Waals surface area contributed by atoms with Crippen molar-refractivity contribution >= 4 is 39.1 Å². The number of nitrogens with zero attached hydrogens (tertiary/aromatic N) is 2. The zero-order chi connectivity index (χ0) is 30.2. The average molecular weight is 604 g/mol. The number of hydrogen-bond acceptors (Lipinski definition) is 5. The molecule has 3 aromatic carbocycles. The van der Waals surface area contributed by atoms with E-state index < -0.39 is 34.3 Å². The third-order valence-electron chi connectivity index (χ3n) is 6.21. The molecule has 3 rings (SSSR count). The lowest BCUT2D eigenvalue weighted by atomic mass is 10.1. The van der Waals surface area contributed by atoms with Crippen LogP contribution < -0.4 is 14.4 Å². The number of sulfonamides is 1. The van der Waals surface area contributed by atoms with Crippen LogP contribution in [0.4, 0.5) is 10.1 Å². The minimum atomic E-state index is -4.31. The molecule has 41 heavy (non-hydrogen) atoms. The smallest absolute Gasteiger partial charge is 0.264 e. The van der Waals surface area contributed by atoms with Gasteiger partial charge in [0.05, 0.1) is 17.2 Å². The average Bonchev–Trinajstić information content (AvgIpc) is 2.93. The molecule has 11 heteroatoms. The summed E-state index contributed by atoms with van der Waals surface area (Å²) in [6, 6.07) is 16.6. The van der Waals surface area contributed by atoms with Gasteiger partial charge in [-0.05, 0) is 86.0 Å². The Bertz CT molecular complexity index is 1430. The van der Waals surface area contributed by atoms with Crippen LogP contribution >= 0.6 is 11.6 Å². The molecule has 1 N–H and O–H groups in total. The van der Waals surface area contributed by atoms with Crippen LogP contribution in [0.1, 0.15) is 33.3 Å². The van der Waals surface area contributed by atoms with Crippen molar-refractivity contribution in [1.82, 2.24) is 10.2 Å². The fourth-order valence-corrected chi connectivity index (χ4v) is 5.63. The van der Waals surface area contributed by atoms with E-state index in [1.165, 1.54) is 17.0 Å². The predicted octanol–water partition coefficient (Wildman–Crippen LogP) is 5.26. The molecule has 8 nitrogen and oxygen atoms in total. The van der Waals surface area contributed by atoms with Crippen LogP contribution in [0.25, 0.3) is 0 Å². The number of ether oxygens (including phenoxy) is 1. The number of carbonyl (C=O) groups excluding carboxylic acids is 2. The maximum atomic E-state index is 13.9. The summed E-state index contributed by atoms with van der Waals surface area (Å²) < 4.78 is 47.6. The molecular weight excluding hydrogens is 569 g/mol. The summed E-state index contributed by atoms with van der Waals surface area (Å²) >= 11 is 6.17. The van der Waals surface area contributed by atoms with Crippen molar-refractivity contribution in [2.75, 3.05) is 24.0 Å². The minimum absolute atomic E-state index is 0.0172. The van der Waals surface area contributed by atoms with E-state index in [9.17, 15) is 22.4 Å². The van der Waals surface area contributed by atoms with Gasteiger partial charge in [0, 0.05) is 18.1 Å². The van der Waals surface area contributed by atoms with Crippen LogP contribution in [0, 0.1) is 11.7 Å². The molecule has 0 bridgehead atoms. The Morgan fingerprint density at radius 3 is 2.24 bits per heavy atom. The number of amides is 2. The summed E-state index contributed by atoms with van der Waals surface area (Å²) in [6.07, 6.45) is 0. The molecule has 0 aliphatic rings. The molecule has 0 saturated heterocycles. The molecule has 220 valence electrons. The van der Waals surface area contributed by atoms with E-state index in [-0.39, 0.29) is 29.0 Å². The quantitative estimate of drug-likeness (QED) is 0.287. The highest BCUT2D eigenvalue weighted by Crippen LogP contribution is 2.27. The standard InChI is InChI=1S/C30H35ClFN3O5S/c1-5-40-27-13-11-26(12-14-27)35(41(38,39)28-15-9-25(32)10-16-28)20-29(36)34(19-23-7-6-8-24(31)17-23)22(4)30(37)33-18-21(2)3/h6-17,21-22H,5,18-20H2,1-4H3,(H,33,37)/t22-/m1/s1. The summed E-state index contributed by atoms with van der Waals surface area (Å²) in [6.45, 7) is 7.56. The first kappa shape index (κ1) is 31.9. The molecule has 0 aliphatic carbocycles. The van der Waals surface area contributed by atoms with Gasteiger partial charge in [-0.25, -0.2) is 12.8 Å². The van der Waals surface area contributed by atoms with Crippen LogP contribution in [0.3, 0.4) is 0 Å². The Balaban J connectivity index is 2.02. The van der Waals surface area contributed by atoms with Gasteiger partial charge in [0.15, 0.2) is 0 Å². The molecule has 2 amide bonds. The first-order valence-electron chi connectivity index (χ1n) is 13.2. The molecule has 0 radical (unpaired) electrons. The molecule has 0 aliphatic heterocycles. The Morgan fingerprint density at radius 1 is 1.00 bits per heavy atom. The summed E-state index contributed by atoms with van der Waals surface area (Å²) in [7, 11) is -4.31. The highest BCUT2D eigenvalue weighted by atomic mass is 35.5. The Kier molecular flexibility index (Phi) is 11.1. The SMILES string of the molecule is CCOc1ccc(N(CC(=O)N(Cc2cccc(Cl)c2)[C@H](C)C(=O)NCC(C)C)S(=O)(=O)c2ccc(F)cc2)cc1. The molecule has 0 fully saturated rings. The lowest BCUT2D eigenvalue weighted by molar-refractivity contribution is -0.139. The third kappa shape index (κ3) is 8.68. The molecule has 0 spiro atoms. The zero-order valence-corrected chi connectivity index (χ0v) is 25.1. The third-order valence-corrected chi connectivity index (χ3v) is 8.23. The second-order valence-electron chi connectivity index (χ2n) is 9.86. The Labute approximate surface area is 246 Å². The molecule has 0 unspecified atom stereocenters. The summed E-state index contributed by atoms with van der Waals surface area (Å²) in [5, 5.41) is 3.30. The maximum absolute atomic E-state index is 13.9. The fraction of sp³-hybridized carbons (Fsp3) is 0.333. The van der Waals surface area contributed by atoms with Gasteiger partial charge in [0.2, 0.25) is 11.8 Å². The first-order chi connectivity index (χ1) is 19.4. The first-order valence-corrected chi connectivity index (χ1v) is 15.1. The summed E-state index contributed by atoms with van der Waals surface area (Å²) in [5.74, 6) is -0.861. The predicted molar refractivity (Wildman–Crippen MR) is 158 cm³/mol. The normalized spacial score (nSPS) is 12.1. The van der Waals surface area contributed by atoms with Crippen LogP contribution in [-0.4, -0.2) is 50.9 Å². The van der Waals surface area contributed by atoms with Crippen molar-refractivity contribution in [3.63, 3.8) is 0 Å². The van der Waals surface area contributed by atoms with Crippen molar-refractivity contribution in [1.29, 1.82) is 0 Å². The Morgan fingerprint density at radius 2 is 1.66 bits per heavy atom. The summed E-state index contributed by atoms with van der Waals surface area (Å²) in [5.41, 5.74) is 0.870. The maximum Gasteiger partial charge on any atom is 0.264 e. The largest absolute Gasteiger partial charge is 0.494 e. The van der Waals surface area contributed by atoms with Crippen molar-refractivity contribution in [2.24, 2.45) is 5.92 Å². The van der Waals surface area contributed by atoms with E-state index in [0.717, 1.165) is 28.6 Å². The van der Waals surface area contributed by atoms with Gasteiger partial charge < -0.3 is 15.0 Å². The van der Waals surface area contributed by atoms with Crippen LogP contribution in [-0.2, 0) is 26.2 Å². The van der Waals surface area contributed by atoms with Crippen LogP contribution in [0.15, 0.2) is 77.7 Å². The number of carbonyl (C=O) groups is 2. The number of rotatable bonds is 13. The molecule has 1 atom stereocenters. The summed E-state index contributed by atoms with van der Waals surface area (Å²) in [4.78, 5) is 28.1. The minimum Gasteiger partial charge on any atom is -0.494 e. The van der Waals surface area contributed by atoms with Crippen molar-refractivity contribution in [3.05, 3.63) is 89.2 Å². The lowest BCUT2D eigenvalue weighted by Gasteiger charge is -2.32. The van der Waals surface area contributed by atoms with Crippen molar-refractivity contribution < 1.29 is 27.1 Å². The monoisotopic (exact) mass is 603 g/mol. The number of benzene rings is 3. The van der Waals surface area contributed by atoms with Crippen molar-refractivity contribution in [2.45, 2.75) is 45.2 Å². The van der Waals surface area contributed by atoms with Gasteiger partial charge in [-0.2, -0.15) is 0 Å². The lowest BCUT2D eigenvalue weighted by Crippen LogP contribution is -2.51. The van der Waals surface area contributed by atoms with E-state index in [1.54, 1.807) is 43.3 Å². The molecule has 0 heterocycles. The number of halogens is 2. The highest BCUT2D eigenvalue weighted by Gasteiger charge is 2.32. The van der Waals surface area contributed by atoms with E-state index >= 15 is 0 Å². The molecule has 0 saturated carbocycles. The van der Waals surface area contributed by atoms with E-state index in [4.69, 9.17) is 16.3 Å². The van der Waals surface area contributed by atoms with Gasteiger partial charge >= 0.3 is 0 Å². The Hall–Kier alpha value is -3.63. The van der Waals surface area contributed by atoms with Crippen molar-refractivity contribution in [3.8, 4) is 5.75 Å². The number of anilines is 1. The molecular formula is C30H35ClFN3O5S. The zero-order valence-electron chi connectivity index (χ0n) is 23.5. The van der Waals surface area contributed by atoms with Gasteiger partial charge in [-0.1, -0.05) is 37.6 Å². The van der Waals surface area contributed by atoms with Gasteiger partial charge in [-0.15, -0.1) is 0 Å². The molecule has 3 aromatic rings. The number of nitrogens with one attached hydrogen (secondary N) is 1. The van der Waals surface area contributed by atoms with Gasteiger partial charge in [0.1, 0.15) is 24.2 Å². The van der Waals surface area contributed by atoms with E-state index in [1.807, 2.05) is 20.8 Å². The highest BCUT2D eigenvalue weighted by molar-refractivity contribution is 7.92. The topological polar surface area (TPSA) is 96.0 Å². The van der Waals surface area contributed by atoms with Crippen LogP contribution in [0.2, 0.25) is 5.02 Å². The van der Waals surface area contributed by atoms with E-state index in [0.29, 0.717) is 29.5 Å². The molecule has 0 aromatic heterocycles. The second kappa shape index (κ2) is 14.3. The van der Waals surface area contributed by atoms with Gasteiger partial charge in [-0.3, -0.25) is 13.9 Å². The fourth-order valence-electron chi connectivity index (χ4n) is 4.00. The second-order valence-corrected chi connectivity index (χ2v) is 12.2. The number of hydrogen-bond donors (Lipinski definition) is 1. The van der Waals surface area contributed by atoms with Gasteiger partial charge in [0.25, 0.3) is 10.0 Å². The van der Waals surface area contributed by atoms with Crippen LogP contribution in [0.5, 0.6) is 5.75 Å². The van der Waals surface area contributed by atoms with E-state index in [2.05, 4.69) is 5.32 Å².